The van der Waals surface area contributed by atoms with Gasteiger partial charge in [0.05, 0.1) is 12.8 Å². The number of rotatable bonds is 7. The highest BCUT2D eigenvalue weighted by Crippen LogP contribution is 2.33. The summed E-state index contributed by atoms with van der Waals surface area (Å²) in [6.07, 6.45) is 6.06. The first-order valence-corrected chi connectivity index (χ1v) is 11.5. The predicted molar refractivity (Wildman–Crippen MR) is 132 cm³/mol. The highest BCUT2D eigenvalue weighted by atomic mass is 32.1. The van der Waals surface area contributed by atoms with Crippen molar-refractivity contribution < 1.29 is 14.0 Å². The minimum Gasteiger partial charge on any atom is -0.463 e. The lowest BCUT2D eigenvalue weighted by Crippen LogP contribution is -2.20. The molecule has 0 atom stereocenters. The first-order valence-electron chi connectivity index (χ1n) is 10.6. The summed E-state index contributed by atoms with van der Waals surface area (Å²) in [6.45, 7) is 0.335. The van der Waals surface area contributed by atoms with Crippen LogP contribution < -0.4 is 10.9 Å². The molecule has 0 fully saturated rings. The molecule has 0 saturated carbocycles. The lowest BCUT2D eigenvalue weighted by atomic mass is 10.1. The number of aromatic nitrogens is 3. The molecule has 8 nitrogen and oxygen atoms in total. The Morgan fingerprint density at radius 2 is 1.74 bits per heavy atom. The van der Waals surface area contributed by atoms with Crippen molar-refractivity contribution >= 4 is 28.2 Å². The normalized spacial score (nSPS) is 10.7. The van der Waals surface area contributed by atoms with E-state index in [-0.39, 0.29) is 27.3 Å². The molecule has 4 aromatic heterocycles. The third kappa shape index (κ3) is 4.85. The van der Waals surface area contributed by atoms with Crippen LogP contribution in [0.15, 0.2) is 101 Å². The lowest BCUT2D eigenvalue weighted by molar-refractivity contribution is 0.102. The fourth-order valence-electron chi connectivity index (χ4n) is 3.48. The van der Waals surface area contributed by atoms with Gasteiger partial charge >= 0.3 is 0 Å². The van der Waals surface area contributed by atoms with Crippen LogP contribution in [0.2, 0.25) is 0 Å². The SMILES string of the molecule is O=C(Nc1nc(-c2ccco2)c(C(=O)c2ccc(=O)n(Cc3ccccc3)c2)s1)c1ccncc1. The van der Waals surface area contributed by atoms with Gasteiger partial charge in [-0.25, -0.2) is 4.98 Å². The van der Waals surface area contributed by atoms with Gasteiger partial charge in [0.25, 0.3) is 11.5 Å². The monoisotopic (exact) mass is 482 g/mol. The average Bonchev–Trinajstić information content (AvgIpc) is 3.56. The second-order valence-electron chi connectivity index (χ2n) is 7.56. The number of ketones is 1. The van der Waals surface area contributed by atoms with E-state index in [1.807, 2.05) is 30.3 Å². The van der Waals surface area contributed by atoms with Crippen LogP contribution in [0, 0.1) is 0 Å². The molecule has 172 valence electrons. The summed E-state index contributed by atoms with van der Waals surface area (Å²) in [4.78, 5) is 47.2. The van der Waals surface area contributed by atoms with Crippen LogP contribution in [-0.4, -0.2) is 26.2 Å². The first-order chi connectivity index (χ1) is 17.1. The van der Waals surface area contributed by atoms with Crippen LogP contribution in [0.25, 0.3) is 11.5 Å². The van der Waals surface area contributed by atoms with Crippen molar-refractivity contribution in [2.45, 2.75) is 6.54 Å². The van der Waals surface area contributed by atoms with Crippen molar-refractivity contribution in [1.82, 2.24) is 14.5 Å². The smallest absolute Gasteiger partial charge is 0.257 e. The number of amides is 1. The summed E-state index contributed by atoms with van der Waals surface area (Å²) in [5.41, 5.74) is 1.77. The third-order valence-electron chi connectivity index (χ3n) is 5.19. The summed E-state index contributed by atoms with van der Waals surface area (Å²) < 4.78 is 6.98. The molecule has 1 N–H and O–H groups in total. The van der Waals surface area contributed by atoms with E-state index >= 15 is 0 Å². The Kier molecular flexibility index (Phi) is 6.15. The van der Waals surface area contributed by atoms with E-state index in [1.54, 1.807) is 30.5 Å². The molecule has 1 aromatic carbocycles. The second kappa shape index (κ2) is 9.70. The Balaban J connectivity index is 1.49. The summed E-state index contributed by atoms with van der Waals surface area (Å²) in [7, 11) is 0. The molecular weight excluding hydrogens is 464 g/mol. The summed E-state index contributed by atoms with van der Waals surface area (Å²) in [6, 6.07) is 18.9. The van der Waals surface area contributed by atoms with Crippen molar-refractivity contribution in [2.75, 3.05) is 5.32 Å². The van der Waals surface area contributed by atoms with Crippen LogP contribution in [0.4, 0.5) is 5.13 Å². The maximum atomic E-state index is 13.5. The number of carbonyl (C=O) groups is 2. The number of hydrogen-bond donors (Lipinski definition) is 1. The van der Waals surface area contributed by atoms with Crippen LogP contribution in [0.3, 0.4) is 0 Å². The van der Waals surface area contributed by atoms with Crippen LogP contribution >= 0.6 is 11.3 Å². The van der Waals surface area contributed by atoms with Gasteiger partial charge in [-0.1, -0.05) is 41.7 Å². The highest BCUT2D eigenvalue weighted by molar-refractivity contribution is 7.18. The number of furan rings is 1. The van der Waals surface area contributed by atoms with Gasteiger partial charge in [0.15, 0.2) is 10.9 Å². The fourth-order valence-corrected chi connectivity index (χ4v) is 4.41. The minimum absolute atomic E-state index is 0.216. The Bertz CT molecular complexity index is 1540. The maximum Gasteiger partial charge on any atom is 0.257 e. The molecule has 0 aliphatic heterocycles. The molecule has 5 rings (SSSR count). The van der Waals surface area contributed by atoms with E-state index in [0.29, 0.717) is 29.1 Å². The van der Waals surface area contributed by atoms with Crippen molar-refractivity contribution in [1.29, 1.82) is 0 Å². The van der Waals surface area contributed by atoms with Gasteiger partial charge in [-0.15, -0.1) is 0 Å². The van der Waals surface area contributed by atoms with E-state index in [9.17, 15) is 14.4 Å². The van der Waals surface area contributed by atoms with Gasteiger partial charge < -0.3 is 8.98 Å². The fraction of sp³-hybridized carbons (Fsp3) is 0.0385. The zero-order valence-electron chi connectivity index (χ0n) is 18.3. The van der Waals surface area contributed by atoms with Gasteiger partial charge in [0, 0.05) is 35.8 Å². The number of nitrogens with one attached hydrogen (secondary N) is 1. The average molecular weight is 483 g/mol. The molecule has 0 aliphatic carbocycles. The number of anilines is 1. The van der Waals surface area contributed by atoms with Crippen molar-refractivity contribution in [3.8, 4) is 11.5 Å². The van der Waals surface area contributed by atoms with Gasteiger partial charge in [0.1, 0.15) is 10.6 Å². The van der Waals surface area contributed by atoms with Gasteiger partial charge in [-0.3, -0.25) is 24.7 Å². The van der Waals surface area contributed by atoms with Gasteiger partial charge in [-0.2, -0.15) is 0 Å². The summed E-state index contributed by atoms with van der Waals surface area (Å²) in [5, 5.41) is 2.98. The topological polar surface area (TPSA) is 107 Å². The lowest BCUT2D eigenvalue weighted by Gasteiger charge is -2.08. The Morgan fingerprint density at radius 3 is 2.49 bits per heavy atom. The molecule has 0 unspecified atom stereocenters. The van der Waals surface area contributed by atoms with E-state index in [4.69, 9.17) is 4.42 Å². The molecule has 9 heteroatoms. The molecule has 35 heavy (non-hydrogen) atoms. The highest BCUT2D eigenvalue weighted by Gasteiger charge is 2.24. The second-order valence-corrected chi connectivity index (χ2v) is 8.56. The third-order valence-corrected chi connectivity index (χ3v) is 6.16. The molecule has 0 spiro atoms. The molecular formula is C26H18N4O4S. The Morgan fingerprint density at radius 1 is 0.943 bits per heavy atom. The standard InChI is InChI=1S/C26H18N4O4S/c31-21-9-8-19(16-30(21)15-17-5-2-1-3-6-17)23(32)24-22(20-7-4-14-34-20)28-26(35-24)29-25(33)18-10-12-27-13-11-18/h1-14,16H,15H2,(H,28,29,33). The molecule has 0 bridgehead atoms. The maximum absolute atomic E-state index is 13.5. The number of thiazole rings is 1. The predicted octanol–water partition coefficient (Wildman–Crippen LogP) is 4.49. The van der Waals surface area contributed by atoms with Crippen LogP contribution in [0.1, 0.15) is 31.2 Å². The molecule has 0 aliphatic rings. The molecule has 0 saturated heterocycles. The summed E-state index contributed by atoms with van der Waals surface area (Å²) in [5.74, 6) is -0.311. The zero-order chi connectivity index (χ0) is 24.2. The summed E-state index contributed by atoms with van der Waals surface area (Å²) >= 11 is 1.04. The van der Waals surface area contributed by atoms with E-state index in [2.05, 4.69) is 15.3 Å². The molecule has 4 heterocycles. The number of pyridine rings is 2. The molecule has 5 aromatic rings. The van der Waals surface area contributed by atoms with Crippen molar-refractivity contribution in [3.05, 3.63) is 124 Å². The number of nitrogens with zero attached hydrogens (tertiary/aromatic N) is 3. The van der Waals surface area contributed by atoms with E-state index < -0.39 is 0 Å². The van der Waals surface area contributed by atoms with Gasteiger partial charge in [0.2, 0.25) is 5.78 Å². The van der Waals surface area contributed by atoms with Crippen LogP contribution in [-0.2, 0) is 6.54 Å². The Hall–Kier alpha value is -4.63. The van der Waals surface area contributed by atoms with Crippen molar-refractivity contribution in [2.24, 2.45) is 0 Å². The largest absolute Gasteiger partial charge is 0.463 e. The number of hydrogen-bond acceptors (Lipinski definition) is 7. The first kappa shape index (κ1) is 22.2. The van der Waals surface area contributed by atoms with Gasteiger partial charge in [-0.05, 0) is 35.9 Å². The van der Waals surface area contributed by atoms with Crippen LogP contribution in [0.5, 0.6) is 0 Å². The quantitative estimate of drug-likeness (QED) is 0.343. The Labute approximate surface area is 203 Å². The van der Waals surface area contributed by atoms with Crippen molar-refractivity contribution in [3.63, 3.8) is 0 Å². The van der Waals surface area contributed by atoms with E-state index in [0.717, 1.165) is 16.9 Å². The van der Waals surface area contributed by atoms with E-state index in [1.165, 1.54) is 35.4 Å². The number of carbonyl (C=O) groups excluding carboxylic acids is 2. The zero-order valence-corrected chi connectivity index (χ0v) is 19.1. The molecule has 0 radical (unpaired) electrons. The molecule has 1 amide bonds. The number of benzene rings is 1. The minimum atomic E-state index is -0.373.